The first kappa shape index (κ1) is 7.35. The van der Waals surface area contributed by atoms with Crippen LogP contribution < -0.4 is 0 Å². The molecule has 0 radical (unpaired) electrons. The Morgan fingerprint density at radius 2 is 0.667 bits per heavy atom. The molecule has 0 N–H and O–H groups in total. The Morgan fingerprint density at radius 1 is 0.444 bits per heavy atom. The molecule has 1 rings (SSSR count). The number of hydrogen-bond donors (Lipinski definition) is 0. The van der Waals surface area contributed by atoms with E-state index in [1.807, 2.05) is 0 Å². The molecule has 0 nitrogen and oxygen atoms in total. The molecule has 9 heavy (non-hydrogen) atoms. The molecule has 0 fully saturated rings. The van der Waals surface area contributed by atoms with E-state index in [0.717, 1.165) is 0 Å². The maximum atomic E-state index is 3.00. The summed E-state index contributed by atoms with van der Waals surface area (Å²) < 4.78 is 0. The summed E-state index contributed by atoms with van der Waals surface area (Å²) in [6.07, 6.45) is 0. The summed E-state index contributed by atoms with van der Waals surface area (Å²) >= 11 is 0.742. The molecule has 1 aliphatic heterocycles. The molecule has 1 aliphatic rings. The van der Waals surface area contributed by atoms with E-state index in [1.54, 1.807) is 0 Å². The normalized spacial score (nSPS) is 13.3. The fourth-order valence-corrected chi connectivity index (χ4v) is 3.77. The second-order valence-electron chi connectivity index (χ2n) is 0.919. The van der Waals surface area contributed by atoms with Gasteiger partial charge >= 0.3 is 73.8 Å². The minimum atomic E-state index is 0.247. The standard InChI is InChI=1S/C6Se3/c1-2-8-5-6-9-4-3-7-1. The molecule has 0 aromatic rings. The molecule has 0 aromatic heterocycles. The number of hydrogen-bond acceptors (Lipinski definition) is 0. The molecule has 1 heterocycles. The third kappa shape index (κ3) is 3.76. The van der Waals surface area contributed by atoms with Crippen molar-refractivity contribution in [1.29, 1.82) is 0 Å². The van der Waals surface area contributed by atoms with Gasteiger partial charge in [0.1, 0.15) is 0 Å². The average molecular weight is 309 g/mol. The van der Waals surface area contributed by atoms with Crippen LogP contribution in [0.5, 0.6) is 0 Å². The van der Waals surface area contributed by atoms with Crippen molar-refractivity contribution in [3.63, 3.8) is 0 Å². The van der Waals surface area contributed by atoms with Crippen molar-refractivity contribution in [2.45, 2.75) is 0 Å². The molecule has 0 bridgehead atoms. The van der Waals surface area contributed by atoms with Gasteiger partial charge in [0.05, 0.1) is 0 Å². The Labute approximate surface area is 73.4 Å². The van der Waals surface area contributed by atoms with Gasteiger partial charge in [-0.15, -0.1) is 0 Å². The van der Waals surface area contributed by atoms with E-state index in [0.29, 0.717) is 0 Å². The third-order valence-corrected chi connectivity index (χ3v) is 4.97. The van der Waals surface area contributed by atoms with Crippen molar-refractivity contribution in [2.24, 2.45) is 0 Å². The van der Waals surface area contributed by atoms with Crippen molar-refractivity contribution in [3.8, 4) is 28.9 Å². The van der Waals surface area contributed by atoms with Crippen LogP contribution >= 0.6 is 0 Å². The van der Waals surface area contributed by atoms with Gasteiger partial charge in [-0.25, -0.2) is 0 Å². The van der Waals surface area contributed by atoms with Gasteiger partial charge < -0.3 is 0 Å². The minimum absolute atomic E-state index is 0.247. The summed E-state index contributed by atoms with van der Waals surface area (Å²) in [5.41, 5.74) is 0. The Hall–Kier alpha value is 0.238. The van der Waals surface area contributed by atoms with Gasteiger partial charge in [-0.1, -0.05) is 0 Å². The van der Waals surface area contributed by atoms with E-state index in [4.69, 9.17) is 0 Å². The fourth-order valence-electron chi connectivity index (χ4n) is 0.202. The van der Waals surface area contributed by atoms with Gasteiger partial charge in [0.15, 0.2) is 0 Å². The molecule has 0 spiro atoms. The van der Waals surface area contributed by atoms with Gasteiger partial charge in [0, 0.05) is 0 Å². The first-order chi connectivity index (χ1) is 4.50. The van der Waals surface area contributed by atoms with E-state index >= 15 is 0 Å². The molecular formula is C6Se3. The molecule has 0 saturated carbocycles. The van der Waals surface area contributed by atoms with Gasteiger partial charge in [-0.2, -0.15) is 0 Å². The van der Waals surface area contributed by atoms with Gasteiger partial charge in [0.2, 0.25) is 0 Å². The Bertz CT molecular complexity index is 194. The van der Waals surface area contributed by atoms with Crippen LogP contribution in [-0.2, 0) is 0 Å². The Kier molecular flexibility index (Phi) is 4.13. The van der Waals surface area contributed by atoms with Crippen molar-refractivity contribution in [2.75, 3.05) is 0 Å². The van der Waals surface area contributed by atoms with Crippen molar-refractivity contribution >= 4 is 44.9 Å². The summed E-state index contributed by atoms with van der Waals surface area (Å²) in [6, 6.07) is 0. The summed E-state index contributed by atoms with van der Waals surface area (Å²) in [5.74, 6) is 0. The monoisotopic (exact) mass is 312 g/mol. The molecule has 0 aromatic carbocycles. The van der Waals surface area contributed by atoms with Crippen LogP contribution in [-0.4, -0.2) is 44.9 Å². The quantitative estimate of drug-likeness (QED) is 0.392. The van der Waals surface area contributed by atoms with Crippen LogP contribution in [0, 0.1) is 28.9 Å². The average Bonchev–Trinajstić information content (AvgIpc) is 2.00. The topological polar surface area (TPSA) is 0 Å². The molecule has 0 unspecified atom stereocenters. The molecule has 0 atom stereocenters. The van der Waals surface area contributed by atoms with Crippen molar-refractivity contribution < 1.29 is 0 Å². The summed E-state index contributed by atoms with van der Waals surface area (Å²) in [7, 11) is 0. The molecule has 0 amide bonds. The maximum absolute atomic E-state index is 3.00. The zero-order chi connectivity index (χ0) is 6.36. The SMILES string of the molecule is C1#C[Se]C#C[Se]C#C[Se]1. The van der Waals surface area contributed by atoms with Crippen LogP contribution in [0.1, 0.15) is 0 Å². The van der Waals surface area contributed by atoms with E-state index in [1.165, 1.54) is 0 Å². The predicted octanol–water partition coefficient (Wildman–Crippen LogP) is -1.13. The van der Waals surface area contributed by atoms with E-state index < -0.39 is 0 Å². The van der Waals surface area contributed by atoms with E-state index in [-0.39, 0.29) is 44.9 Å². The Morgan fingerprint density at radius 3 is 0.889 bits per heavy atom. The molecule has 0 saturated heterocycles. The summed E-state index contributed by atoms with van der Waals surface area (Å²) in [6.45, 7) is 0. The molecule has 0 aliphatic carbocycles. The first-order valence-corrected chi connectivity index (χ1v) is 7.11. The number of rotatable bonds is 0. The summed E-state index contributed by atoms with van der Waals surface area (Å²) in [5, 5.41) is 0. The van der Waals surface area contributed by atoms with Crippen LogP contribution in [0.3, 0.4) is 0 Å². The zero-order valence-electron chi connectivity index (χ0n) is 4.22. The molecule has 3 heteroatoms. The molecular weight excluding hydrogens is 309 g/mol. The van der Waals surface area contributed by atoms with Crippen LogP contribution in [0.15, 0.2) is 0 Å². The van der Waals surface area contributed by atoms with Gasteiger partial charge in [-0.05, 0) is 0 Å². The van der Waals surface area contributed by atoms with Crippen LogP contribution in [0.2, 0.25) is 0 Å². The first-order valence-electron chi connectivity index (χ1n) is 1.97. The fraction of sp³-hybridized carbons (Fsp3) is 0. The van der Waals surface area contributed by atoms with Crippen molar-refractivity contribution in [1.82, 2.24) is 0 Å². The van der Waals surface area contributed by atoms with E-state index in [9.17, 15) is 0 Å². The second kappa shape index (κ2) is 5.06. The van der Waals surface area contributed by atoms with E-state index in [2.05, 4.69) is 28.9 Å². The van der Waals surface area contributed by atoms with Gasteiger partial charge in [0.25, 0.3) is 0 Å². The molecule has 42 valence electrons. The summed E-state index contributed by atoms with van der Waals surface area (Å²) in [4.78, 5) is 18.0. The second-order valence-corrected chi connectivity index (χ2v) is 4.77. The third-order valence-electron chi connectivity index (χ3n) is 0.431. The van der Waals surface area contributed by atoms with Crippen molar-refractivity contribution in [3.05, 3.63) is 0 Å². The van der Waals surface area contributed by atoms with Gasteiger partial charge in [-0.3, -0.25) is 0 Å². The van der Waals surface area contributed by atoms with Crippen LogP contribution in [0.25, 0.3) is 0 Å². The van der Waals surface area contributed by atoms with Crippen LogP contribution in [0.4, 0.5) is 0 Å². The Balaban J connectivity index is 2.60. The zero-order valence-corrected chi connectivity index (χ0v) is 9.36. The predicted molar refractivity (Wildman–Crippen MR) is 40.6 cm³/mol.